The molecule has 0 unspecified atom stereocenters. The molecular weight excluding hydrogens is 144 g/mol. The largest absolute Gasteiger partial charge is 0.0879 e. The van der Waals surface area contributed by atoms with E-state index in [-0.39, 0.29) is 0 Å². The third kappa shape index (κ3) is 1.91. The standard InChI is InChI=1S/C12H22/c1-4-9-12(3)10-7-6-8-11(12)5-2/h5H,4,6-10H2,1-3H3/b11-5-/t12-/m1/s1. The van der Waals surface area contributed by atoms with Crippen molar-refractivity contribution >= 4 is 0 Å². The Morgan fingerprint density at radius 1 is 1.42 bits per heavy atom. The van der Waals surface area contributed by atoms with E-state index in [1.54, 1.807) is 5.57 Å². The Morgan fingerprint density at radius 3 is 2.75 bits per heavy atom. The van der Waals surface area contributed by atoms with Crippen LogP contribution in [0.2, 0.25) is 0 Å². The third-order valence-electron chi connectivity index (χ3n) is 3.35. The topological polar surface area (TPSA) is 0 Å². The van der Waals surface area contributed by atoms with Gasteiger partial charge in [-0.3, -0.25) is 0 Å². The highest BCUT2D eigenvalue weighted by Gasteiger charge is 2.29. The van der Waals surface area contributed by atoms with Crippen molar-refractivity contribution in [1.82, 2.24) is 0 Å². The van der Waals surface area contributed by atoms with Gasteiger partial charge in [-0.05, 0) is 38.0 Å². The van der Waals surface area contributed by atoms with Crippen LogP contribution < -0.4 is 0 Å². The molecule has 0 saturated heterocycles. The lowest BCUT2D eigenvalue weighted by Crippen LogP contribution is -2.22. The molecule has 0 radical (unpaired) electrons. The summed E-state index contributed by atoms with van der Waals surface area (Å²) in [7, 11) is 0. The fourth-order valence-electron chi connectivity index (χ4n) is 2.62. The van der Waals surface area contributed by atoms with E-state index in [4.69, 9.17) is 0 Å². The molecule has 0 bridgehead atoms. The molecule has 0 heterocycles. The van der Waals surface area contributed by atoms with E-state index in [9.17, 15) is 0 Å². The van der Waals surface area contributed by atoms with Gasteiger partial charge in [0.15, 0.2) is 0 Å². The Hall–Kier alpha value is -0.260. The maximum absolute atomic E-state index is 2.45. The van der Waals surface area contributed by atoms with Gasteiger partial charge in [0.2, 0.25) is 0 Å². The minimum Gasteiger partial charge on any atom is -0.0879 e. The lowest BCUT2D eigenvalue weighted by Gasteiger charge is -2.36. The average molecular weight is 166 g/mol. The highest BCUT2D eigenvalue weighted by atomic mass is 14.3. The summed E-state index contributed by atoms with van der Waals surface area (Å²) in [6, 6.07) is 0. The van der Waals surface area contributed by atoms with Gasteiger partial charge in [0.25, 0.3) is 0 Å². The van der Waals surface area contributed by atoms with Crippen molar-refractivity contribution < 1.29 is 0 Å². The van der Waals surface area contributed by atoms with E-state index in [0.717, 1.165) is 0 Å². The van der Waals surface area contributed by atoms with E-state index >= 15 is 0 Å². The summed E-state index contributed by atoms with van der Waals surface area (Å²) in [6.45, 7) is 6.95. The van der Waals surface area contributed by atoms with Gasteiger partial charge in [0.1, 0.15) is 0 Å². The molecular formula is C12H22. The molecule has 1 rings (SSSR count). The molecule has 1 aliphatic carbocycles. The lowest BCUT2D eigenvalue weighted by atomic mass is 9.69. The van der Waals surface area contributed by atoms with Crippen LogP contribution in [0.15, 0.2) is 11.6 Å². The van der Waals surface area contributed by atoms with Crippen LogP contribution in [0, 0.1) is 5.41 Å². The van der Waals surface area contributed by atoms with Crippen molar-refractivity contribution in [3.8, 4) is 0 Å². The zero-order valence-corrected chi connectivity index (χ0v) is 8.82. The normalized spacial score (nSPS) is 34.1. The fraction of sp³-hybridized carbons (Fsp3) is 0.833. The van der Waals surface area contributed by atoms with Crippen molar-refractivity contribution in [3.63, 3.8) is 0 Å². The molecule has 0 heteroatoms. The quantitative estimate of drug-likeness (QED) is 0.536. The molecule has 0 spiro atoms. The summed E-state index contributed by atoms with van der Waals surface area (Å²) < 4.78 is 0. The Morgan fingerprint density at radius 2 is 2.17 bits per heavy atom. The van der Waals surface area contributed by atoms with E-state index in [1.807, 2.05) is 0 Å². The minimum atomic E-state index is 0.557. The second kappa shape index (κ2) is 4.11. The SMILES string of the molecule is C/C=C1/CCCC[C@@]1(C)CCC. The zero-order valence-electron chi connectivity index (χ0n) is 8.82. The van der Waals surface area contributed by atoms with Gasteiger partial charge in [-0.25, -0.2) is 0 Å². The Bertz CT molecular complexity index is 163. The van der Waals surface area contributed by atoms with Crippen LogP contribution in [0.5, 0.6) is 0 Å². The van der Waals surface area contributed by atoms with Crippen molar-refractivity contribution in [2.75, 3.05) is 0 Å². The molecule has 1 atom stereocenters. The Balaban J connectivity index is 2.69. The molecule has 0 amide bonds. The maximum Gasteiger partial charge on any atom is -0.0117 e. The first-order valence-corrected chi connectivity index (χ1v) is 5.38. The van der Waals surface area contributed by atoms with E-state index in [2.05, 4.69) is 26.8 Å². The smallest absolute Gasteiger partial charge is 0.0117 e. The van der Waals surface area contributed by atoms with Crippen molar-refractivity contribution in [2.24, 2.45) is 5.41 Å². The second-order valence-corrected chi connectivity index (χ2v) is 4.33. The van der Waals surface area contributed by atoms with E-state index < -0.39 is 0 Å². The van der Waals surface area contributed by atoms with Gasteiger partial charge in [0, 0.05) is 0 Å². The number of allylic oxidation sites excluding steroid dienone is 2. The molecule has 12 heavy (non-hydrogen) atoms. The van der Waals surface area contributed by atoms with Crippen LogP contribution in [0.25, 0.3) is 0 Å². The zero-order chi connectivity index (χ0) is 9.03. The minimum absolute atomic E-state index is 0.557. The highest BCUT2D eigenvalue weighted by molar-refractivity contribution is 5.14. The van der Waals surface area contributed by atoms with Crippen LogP contribution in [-0.4, -0.2) is 0 Å². The second-order valence-electron chi connectivity index (χ2n) is 4.33. The number of hydrogen-bond donors (Lipinski definition) is 0. The molecule has 0 aliphatic heterocycles. The van der Waals surface area contributed by atoms with Crippen LogP contribution in [-0.2, 0) is 0 Å². The molecule has 0 nitrogen and oxygen atoms in total. The van der Waals surface area contributed by atoms with Crippen LogP contribution >= 0.6 is 0 Å². The third-order valence-corrected chi connectivity index (χ3v) is 3.35. The van der Waals surface area contributed by atoms with Crippen LogP contribution in [0.4, 0.5) is 0 Å². The first-order chi connectivity index (χ1) is 5.73. The first kappa shape index (κ1) is 9.83. The molecule has 0 aromatic carbocycles. The van der Waals surface area contributed by atoms with Gasteiger partial charge < -0.3 is 0 Å². The number of hydrogen-bond acceptors (Lipinski definition) is 0. The fourth-order valence-corrected chi connectivity index (χ4v) is 2.62. The molecule has 1 saturated carbocycles. The molecule has 0 N–H and O–H groups in total. The predicted octanol–water partition coefficient (Wildman–Crippen LogP) is 4.31. The molecule has 1 fully saturated rings. The lowest BCUT2D eigenvalue weighted by molar-refractivity contribution is 0.278. The van der Waals surface area contributed by atoms with Gasteiger partial charge in [-0.1, -0.05) is 38.3 Å². The Labute approximate surface area is 77.1 Å². The maximum atomic E-state index is 2.45. The summed E-state index contributed by atoms with van der Waals surface area (Å²) in [6.07, 6.45) is 10.7. The molecule has 0 aromatic heterocycles. The summed E-state index contributed by atoms with van der Waals surface area (Å²) in [5, 5.41) is 0. The van der Waals surface area contributed by atoms with Gasteiger partial charge in [0.05, 0.1) is 0 Å². The highest BCUT2D eigenvalue weighted by Crippen LogP contribution is 2.43. The summed E-state index contributed by atoms with van der Waals surface area (Å²) in [5.74, 6) is 0. The van der Waals surface area contributed by atoms with E-state index in [0.29, 0.717) is 5.41 Å². The Kier molecular flexibility index (Phi) is 3.37. The summed E-state index contributed by atoms with van der Waals surface area (Å²) in [4.78, 5) is 0. The summed E-state index contributed by atoms with van der Waals surface area (Å²) >= 11 is 0. The van der Waals surface area contributed by atoms with Crippen molar-refractivity contribution in [1.29, 1.82) is 0 Å². The molecule has 0 aromatic rings. The van der Waals surface area contributed by atoms with Gasteiger partial charge in [-0.15, -0.1) is 0 Å². The van der Waals surface area contributed by atoms with Gasteiger partial charge in [-0.2, -0.15) is 0 Å². The molecule has 1 aliphatic rings. The van der Waals surface area contributed by atoms with Crippen LogP contribution in [0.1, 0.15) is 59.3 Å². The molecule has 70 valence electrons. The first-order valence-electron chi connectivity index (χ1n) is 5.38. The van der Waals surface area contributed by atoms with Crippen LogP contribution in [0.3, 0.4) is 0 Å². The average Bonchev–Trinajstić information content (AvgIpc) is 2.05. The summed E-state index contributed by atoms with van der Waals surface area (Å²) in [5.41, 5.74) is 2.28. The van der Waals surface area contributed by atoms with E-state index in [1.165, 1.54) is 38.5 Å². The van der Waals surface area contributed by atoms with Crippen molar-refractivity contribution in [2.45, 2.75) is 59.3 Å². The predicted molar refractivity (Wildman–Crippen MR) is 55.2 cm³/mol. The van der Waals surface area contributed by atoms with Crippen molar-refractivity contribution in [3.05, 3.63) is 11.6 Å². The number of rotatable bonds is 2. The monoisotopic (exact) mass is 166 g/mol. The van der Waals surface area contributed by atoms with Gasteiger partial charge >= 0.3 is 0 Å².